The first kappa shape index (κ1) is 28.9. The highest BCUT2D eigenvalue weighted by molar-refractivity contribution is 5.81. The fourth-order valence-electron chi connectivity index (χ4n) is 6.81. The van der Waals surface area contributed by atoms with Crippen LogP contribution in [0.5, 0.6) is 0 Å². The number of carbonyl (C=O) groups excluding carboxylic acids is 1. The molecule has 3 fully saturated rings. The zero-order valence-electron chi connectivity index (χ0n) is 25.0. The van der Waals surface area contributed by atoms with Crippen molar-refractivity contribution in [2.24, 2.45) is 5.41 Å². The Morgan fingerprint density at radius 3 is 2.48 bits per heavy atom. The third-order valence-corrected chi connectivity index (χ3v) is 9.21. The van der Waals surface area contributed by atoms with Crippen LogP contribution >= 0.6 is 0 Å². The van der Waals surface area contributed by atoms with Gasteiger partial charge in [0, 0.05) is 55.5 Å². The fraction of sp³-hybridized carbons (Fsp3) is 0.562. The molecule has 1 N–H and O–H groups in total. The SMILES string of the molecule is CC(C)c1ccc([C@](O)(c2cncc(-c3nc(C4CCN(C(=O)C5COCCO5)CC4)no3)c2)C2(C)CN(C)C2)cc1. The molecule has 0 spiro atoms. The van der Waals surface area contributed by atoms with E-state index in [-0.39, 0.29) is 11.8 Å². The fourth-order valence-corrected chi connectivity index (χ4v) is 6.81. The standard InChI is InChI=1S/C32H41N5O5/c1-21(2)22-5-7-25(8-6-22)32(39,31(3)19-36(4)20-31)26-15-24(16-33-17-26)29-34-28(35-42-29)23-9-11-37(12-10-23)30(38)27-18-40-13-14-41-27/h5-8,15-17,21,23,27,39H,9-14,18-20H2,1-4H3/t27?,32-/m0/s1. The van der Waals surface area contributed by atoms with Gasteiger partial charge in [0.1, 0.15) is 5.60 Å². The van der Waals surface area contributed by atoms with Gasteiger partial charge in [0.15, 0.2) is 11.9 Å². The van der Waals surface area contributed by atoms with Gasteiger partial charge in [0.25, 0.3) is 11.8 Å². The first-order chi connectivity index (χ1) is 20.2. The number of benzene rings is 1. The van der Waals surface area contributed by atoms with Crippen LogP contribution in [0.2, 0.25) is 0 Å². The number of hydrogen-bond acceptors (Lipinski definition) is 9. The second-order valence-corrected chi connectivity index (χ2v) is 12.7. The largest absolute Gasteiger partial charge is 0.380 e. The molecule has 2 atom stereocenters. The van der Waals surface area contributed by atoms with E-state index in [0.717, 1.165) is 31.5 Å². The van der Waals surface area contributed by atoms with Crippen molar-refractivity contribution in [1.82, 2.24) is 24.9 Å². The molecule has 0 radical (unpaired) electrons. The molecule has 1 unspecified atom stereocenters. The average molecular weight is 576 g/mol. The summed E-state index contributed by atoms with van der Waals surface area (Å²) in [7, 11) is 2.07. The number of aliphatic hydroxyl groups is 1. The number of hydrogen-bond donors (Lipinski definition) is 1. The molecular weight excluding hydrogens is 534 g/mol. The average Bonchev–Trinajstić information content (AvgIpc) is 3.51. The van der Waals surface area contributed by atoms with Gasteiger partial charge < -0.3 is 28.9 Å². The van der Waals surface area contributed by atoms with Gasteiger partial charge >= 0.3 is 0 Å². The Morgan fingerprint density at radius 2 is 1.83 bits per heavy atom. The zero-order valence-corrected chi connectivity index (χ0v) is 25.0. The maximum Gasteiger partial charge on any atom is 0.259 e. The van der Waals surface area contributed by atoms with E-state index in [1.807, 2.05) is 23.1 Å². The lowest BCUT2D eigenvalue weighted by Crippen LogP contribution is -2.63. The molecule has 1 aromatic carbocycles. The van der Waals surface area contributed by atoms with Crippen LogP contribution in [-0.2, 0) is 19.9 Å². The first-order valence-electron chi connectivity index (χ1n) is 15.0. The monoisotopic (exact) mass is 575 g/mol. The maximum absolute atomic E-state index is 12.8. The molecule has 3 aromatic rings. The molecule has 10 heteroatoms. The number of rotatable bonds is 7. The predicted octanol–water partition coefficient (Wildman–Crippen LogP) is 3.56. The van der Waals surface area contributed by atoms with E-state index < -0.39 is 17.1 Å². The van der Waals surface area contributed by atoms with Gasteiger partial charge in [-0.15, -0.1) is 0 Å². The van der Waals surface area contributed by atoms with Crippen molar-refractivity contribution in [3.63, 3.8) is 0 Å². The van der Waals surface area contributed by atoms with Crippen LogP contribution in [0.15, 0.2) is 47.2 Å². The van der Waals surface area contributed by atoms with E-state index in [1.54, 1.807) is 12.4 Å². The Balaban J connectivity index is 1.21. The highest BCUT2D eigenvalue weighted by Gasteiger charge is 2.55. The topological polar surface area (TPSA) is 114 Å². The normalized spacial score (nSPS) is 23.0. The van der Waals surface area contributed by atoms with E-state index in [9.17, 15) is 9.90 Å². The molecule has 42 heavy (non-hydrogen) atoms. The maximum atomic E-state index is 12.8. The Hall–Kier alpha value is -3.18. The molecule has 224 valence electrons. The molecule has 3 saturated heterocycles. The number of likely N-dealkylation sites (tertiary alicyclic amines) is 2. The van der Waals surface area contributed by atoms with Gasteiger partial charge in [0.2, 0.25) is 0 Å². The summed E-state index contributed by atoms with van der Waals surface area (Å²) in [5, 5.41) is 16.8. The van der Waals surface area contributed by atoms with E-state index in [2.05, 4.69) is 55.0 Å². The van der Waals surface area contributed by atoms with Crippen molar-refractivity contribution >= 4 is 5.91 Å². The van der Waals surface area contributed by atoms with Gasteiger partial charge in [-0.25, -0.2) is 0 Å². The van der Waals surface area contributed by atoms with Crippen molar-refractivity contribution in [2.45, 2.75) is 57.2 Å². The Morgan fingerprint density at radius 1 is 1.10 bits per heavy atom. The molecule has 3 aliphatic rings. The molecule has 0 bridgehead atoms. The molecule has 2 aromatic heterocycles. The quantitative estimate of drug-likeness (QED) is 0.452. The second-order valence-electron chi connectivity index (χ2n) is 12.7. The van der Waals surface area contributed by atoms with Crippen molar-refractivity contribution in [2.75, 3.05) is 53.0 Å². The number of carbonyl (C=O) groups is 1. The van der Waals surface area contributed by atoms with E-state index >= 15 is 0 Å². The van der Waals surface area contributed by atoms with Crippen molar-refractivity contribution in [3.8, 4) is 11.5 Å². The van der Waals surface area contributed by atoms with Crippen LogP contribution in [0.1, 0.15) is 68.0 Å². The minimum absolute atomic E-state index is 0.0116. The molecule has 1 amide bonds. The zero-order chi connectivity index (χ0) is 29.5. The predicted molar refractivity (Wildman–Crippen MR) is 156 cm³/mol. The highest BCUT2D eigenvalue weighted by atomic mass is 16.6. The molecule has 10 nitrogen and oxygen atoms in total. The van der Waals surface area contributed by atoms with Crippen LogP contribution < -0.4 is 0 Å². The number of piperidine rings is 1. The minimum atomic E-state index is -1.26. The number of ether oxygens (including phenoxy) is 2. The van der Waals surface area contributed by atoms with Crippen LogP contribution in [0.3, 0.4) is 0 Å². The molecular formula is C32H41N5O5. The molecule has 5 heterocycles. The van der Waals surface area contributed by atoms with Gasteiger partial charge in [-0.2, -0.15) is 4.98 Å². The van der Waals surface area contributed by atoms with Gasteiger partial charge in [0.05, 0.1) is 25.4 Å². The Labute approximate surface area is 247 Å². The summed E-state index contributed by atoms with van der Waals surface area (Å²) in [6.45, 7) is 10.5. The van der Waals surface area contributed by atoms with E-state index in [1.165, 1.54) is 5.56 Å². The molecule has 0 saturated carbocycles. The summed E-state index contributed by atoms with van der Waals surface area (Å²) >= 11 is 0. The lowest BCUT2D eigenvalue weighted by molar-refractivity contribution is -0.159. The summed E-state index contributed by atoms with van der Waals surface area (Å²) in [4.78, 5) is 26.1. The van der Waals surface area contributed by atoms with Crippen molar-refractivity contribution < 1.29 is 23.9 Å². The van der Waals surface area contributed by atoms with Crippen molar-refractivity contribution in [1.29, 1.82) is 0 Å². The number of pyridine rings is 1. The molecule has 3 aliphatic heterocycles. The highest BCUT2D eigenvalue weighted by Crippen LogP contribution is 2.50. The smallest absolute Gasteiger partial charge is 0.259 e. The Bertz CT molecular complexity index is 1390. The van der Waals surface area contributed by atoms with Gasteiger partial charge in [-0.1, -0.05) is 50.2 Å². The van der Waals surface area contributed by atoms with E-state index in [0.29, 0.717) is 61.7 Å². The van der Waals surface area contributed by atoms with Crippen molar-refractivity contribution in [3.05, 3.63) is 65.2 Å². The lowest BCUT2D eigenvalue weighted by Gasteiger charge is -2.55. The Kier molecular flexibility index (Phi) is 7.91. The van der Waals surface area contributed by atoms with Crippen LogP contribution in [0.25, 0.3) is 11.5 Å². The summed E-state index contributed by atoms with van der Waals surface area (Å²) in [6.07, 6.45) is 4.42. The second kappa shape index (κ2) is 11.5. The molecule has 0 aliphatic carbocycles. The van der Waals surface area contributed by atoms with Gasteiger partial charge in [-0.05, 0) is 43.0 Å². The summed E-state index contributed by atoms with van der Waals surface area (Å²) < 4.78 is 16.7. The summed E-state index contributed by atoms with van der Waals surface area (Å²) in [6, 6.07) is 10.2. The van der Waals surface area contributed by atoms with Gasteiger partial charge in [-0.3, -0.25) is 9.78 Å². The third-order valence-electron chi connectivity index (χ3n) is 9.21. The van der Waals surface area contributed by atoms with Crippen LogP contribution in [-0.4, -0.2) is 95.1 Å². The summed E-state index contributed by atoms with van der Waals surface area (Å²) in [5.74, 6) is 1.49. The molecule has 6 rings (SSSR count). The summed E-state index contributed by atoms with van der Waals surface area (Å²) in [5.41, 5.74) is 1.79. The third kappa shape index (κ3) is 5.25. The lowest BCUT2D eigenvalue weighted by atomic mass is 9.62. The minimum Gasteiger partial charge on any atom is -0.380 e. The van der Waals surface area contributed by atoms with Crippen LogP contribution in [0.4, 0.5) is 0 Å². The van der Waals surface area contributed by atoms with E-state index in [4.69, 9.17) is 19.0 Å². The number of amides is 1. The first-order valence-corrected chi connectivity index (χ1v) is 15.0. The number of aromatic nitrogens is 3. The number of nitrogens with zero attached hydrogens (tertiary/aromatic N) is 5. The van der Waals surface area contributed by atoms with Crippen LogP contribution in [0, 0.1) is 5.41 Å².